The second-order valence-corrected chi connectivity index (χ2v) is 13.9. The van der Waals surface area contributed by atoms with Gasteiger partial charge in [-0.05, 0) is 86.6 Å². The Morgan fingerprint density at radius 3 is 2.58 bits per heavy atom. The van der Waals surface area contributed by atoms with Crippen molar-refractivity contribution in [3.8, 4) is 34.4 Å². The van der Waals surface area contributed by atoms with Gasteiger partial charge in [-0.15, -0.1) is 0 Å². The average Bonchev–Trinajstić information content (AvgIpc) is 3.57. The van der Waals surface area contributed by atoms with Crippen LogP contribution in [0.2, 0.25) is 5.02 Å². The maximum absolute atomic E-state index is 9.97. The van der Waals surface area contributed by atoms with E-state index in [1.54, 1.807) is 30.6 Å². The van der Waals surface area contributed by atoms with E-state index in [4.69, 9.17) is 25.8 Å². The molecule has 4 N–H and O–H groups in total. The van der Waals surface area contributed by atoms with E-state index in [9.17, 15) is 20.6 Å². The number of aliphatic hydroxyl groups excluding tert-OH is 3. The highest BCUT2D eigenvalue weighted by Gasteiger charge is 2.24. The minimum Gasteiger partial charge on any atom is -0.493 e. The molecule has 2 aromatic carbocycles. The molecule has 0 bridgehead atoms. The van der Waals surface area contributed by atoms with Gasteiger partial charge in [0.15, 0.2) is 0 Å². The first kappa shape index (κ1) is 38.9. The van der Waals surface area contributed by atoms with Gasteiger partial charge >= 0.3 is 0 Å². The first-order chi connectivity index (χ1) is 25.1. The number of aromatic nitrogens is 2. The highest BCUT2D eigenvalue weighted by Crippen LogP contribution is 2.36. The van der Waals surface area contributed by atoms with Gasteiger partial charge in [-0.25, -0.2) is 0 Å². The monoisotopic (exact) mass is 729 g/mol. The summed E-state index contributed by atoms with van der Waals surface area (Å²) < 4.78 is 18.7. The number of halogens is 1. The molecule has 3 heterocycles. The van der Waals surface area contributed by atoms with Crippen molar-refractivity contribution in [3.05, 3.63) is 99.6 Å². The van der Waals surface area contributed by atoms with E-state index in [2.05, 4.69) is 39.2 Å². The number of ether oxygens (including phenoxy) is 3. The van der Waals surface area contributed by atoms with Crippen molar-refractivity contribution in [3.63, 3.8) is 0 Å². The van der Waals surface area contributed by atoms with E-state index in [1.807, 2.05) is 32.0 Å². The van der Waals surface area contributed by atoms with Gasteiger partial charge in [-0.3, -0.25) is 9.97 Å². The first-order valence-corrected chi connectivity index (χ1v) is 18.0. The van der Waals surface area contributed by atoms with Crippen LogP contribution in [0, 0.1) is 25.2 Å². The number of aliphatic hydroxyl groups is 3. The van der Waals surface area contributed by atoms with Crippen LogP contribution in [-0.2, 0) is 19.8 Å². The zero-order valence-electron chi connectivity index (χ0n) is 30.1. The van der Waals surface area contributed by atoms with Crippen LogP contribution < -0.4 is 19.5 Å². The van der Waals surface area contributed by atoms with Gasteiger partial charge in [0, 0.05) is 74.1 Å². The molecule has 1 fully saturated rings. The molecule has 0 saturated carbocycles. The molecule has 1 saturated heterocycles. The fraction of sp³-hybridized carbons (Fsp3) is 0.425. The molecule has 4 aromatic rings. The highest BCUT2D eigenvalue weighted by atomic mass is 35.5. The van der Waals surface area contributed by atoms with E-state index < -0.39 is 5.54 Å². The van der Waals surface area contributed by atoms with Crippen molar-refractivity contribution in [2.24, 2.45) is 0 Å². The standard InChI is InChI=1S/C40H48ClN5O6/c1-27-34(33-6-4-7-37(28(33)2)50-15-5-12-46-13-9-32(49)23-46)8-11-44-36(27)25-52-39-18-38(51-24-30-16-29(19-42)20-43-21-30)31(17-35(39)41)22-45-40(3,26-48)10-14-47/h4,6-8,11,16-18,20-21,32,45,47-49H,5,9-10,12-15,22-26H2,1-3H3/t32-,40+/m0/s1. The summed E-state index contributed by atoms with van der Waals surface area (Å²) in [5.74, 6) is 1.75. The summed E-state index contributed by atoms with van der Waals surface area (Å²) in [6.45, 7) is 9.45. The Hall–Kier alpha value is -4.28. The summed E-state index contributed by atoms with van der Waals surface area (Å²) in [5, 5.41) is 42.3. The van der Waals surface area contributed by atoms with Crippen molar-refractivity contribution in [1.82, 2.24) is 20.2 Å². The predicted octanol–water partition coefficient (Wildman–Crippen LogP) is 5.50. The molecule has 2 aromatic heterocycles. The second kappa shape index (κ2) is 18.5. The molecular formula is C40H48ClN5O6. The number of nitriles is 1. The Morgan fingerprint density at radius 2 is 1.83 bits per heavy atom. The van der Waals surface area contributed by atoms with Crippen molar-refractivity contribution >= 4 is 11.6 Å². The fourth-order valence-electron chi connectivity index (χ4n) is 6.24. The third kappa shape index (κ3) is 10.2. The molecule has 276 valence electrons. The molecule has 0 aliphatic carbocycles. The molecular weight excluding hydrogens is 682 g/mol. The molecule has 0 radical (unpaired) electrons. The zero-order valence-corrected chi connectivity index (χ0v) is 30.8. The number of hydrogen-bond donors (Lipinski definition) is 4. The Morgan fingerprint density at radius 1 is 1.02 bits per heavy atom. The Bertz CT molecular complexity index is 1850. The van der Waals surface area contributed by atoms with E-state index in [0.29, 0.717) is 41.7 Å². The second-order valence-electron chi connectivity index (χ2n) is 13.5. The Kier molecular flexibility index (Phi) is 13.8. The molecule has 11 nitrogen and oxygen atoms in total. The summed E-state index contributed by atoms with van der Waals surface area (Å²) in [4.78, 5) is 11.0. The Labute approximate surface area is 310 Å². The normalized spacial score (nSPS) is 15.6. The quantitative estimate of drug-likeness (QED) is 0.0961. The smallest absolute Gasteiger partial charge is 0.142 e. The van der Waals surface area contributed by atoms with Crippen LogP contribution in [0.15, 0.2) is 61.1 Å². The summed E-state index contributed by atoms with van der Waals surface area (Å²) >= 11 is 6.78. The van der Waals surface area contributed by atoms with Crippen LogP contribution in [0.5, 0.6) is 17.2 Å². The number of nitrogens with one attached hydrogen (secondary N) is 1. The van der Waals surface area contributed by atoms with Crippen LogP contribution in [0.25, 0.3) is 11.1 Å². The summed E-state index contributed by atoms with van der Waals surface area (Å²) in [6.07, 6.45) is 6.77. The van der Waals surface area contributed by atoms with Gasteiger partial charge in [-0.2, -0.15) is 5.26 Å². The molecule has 1 aliphatic rings. The largest absolute Gasteiger partial charge is 0.493 e. The number of pyridine rings is 2. The molecule has 0 unspecified atom stereocenters. The zero-order chi connectivity index (χ0) is 37.1. The number of likely N-dealkylation sites (tertiary alicyclic amines) is 1. The fourth-order valence-corrected chi connectivity index (χ4v) is 6.48. The Balaban J connectivity index is 1.31. The summed E-state index contributed by atoms with van der Waals surface area (Å²) in [5.41, 5.74) is 6.02. The molecule has 52 heavy (non-hydrogen) atoms. The van der Waals surface area contributed by atoms with Gasteiger partial charge < -0.3 is 39.7 Å². The number of rotatable bonds is 18. The molecule has 0 amide bonds. The SMILES string of the molecule is Cc1c(OCCCN2CC[C@H](O)C2)cccc1-c1ccnc(COc2cc(OCc3cncc(C#N)c3)c(CN[C@@](C)(CO)CCO)cc2Cl)c1C. The average molecular weight is 730 g/mol. The molecule has 0 spiro atoms. The molecule has 5 rings (SSSR count). The summed E-state index contributed by atoms with van der Waals surface area (Å²) in [7, 11) is 0. The maximum atomic E-state index is 9.97. The van der Waals surface area contributed by atoms with Crippen LogP contribution in [0.4, 0.5) is 0 Å². The van der Waals surface area contributed by atoms with Crippen LogP contribution in [0.3, 0.4) is 0 Å². The number of hydrogen-bond acceptors (Lipinski definition) is 11. The van der Waals surface area contributed by atoms with E-state index >= 15 is 0 Å². The molecule has 12 heteroatoms. The van der Waals surface area contributed by atoms with Gasteiger partial charge in [0.05, 0.1) is 35.6 Å². The summed E-state index contributed by atoms with van der Waals surface area (Å²) in [6, 6.07) is 15.4. The molecule has 2 atom stereocenters. The van der Waals surface area contributed by atoms with Crippen molar-refractivity contribution in [2.75, 3.05) is 39.5 Å². The van der Waals surface area contributed by atoms with Crippen molar-refractivity contribution in [2.45, 2.75) is 71.4 Å². The van der Waals surface area contributed by atoms with Gasteiger partial charge in [0.1, 0.15) is 36.5 Å². The lowest BCUT2D eigenvalue weighted by Gasteiger charge is -2.28. The minimum atomic E-state index is -0.713. The van der Waals surface area contributed by atoms with Crippen LogP contribution in [0.1, 0.15) is 59.7 Å². The van der Waals surface area contributed by atoms with Gasteiger partial charge in [-0.1, -0.05) is 23.7 Å². The lowest BCUT2D eigenvalue weighted by atomic mass is 9.96. The van der Waals surface area contributed by atoms with E-state index in [0.717, 1.165) is 77.3 Å². The lowest BCUT2D eigenvalue weighted by Crippen LogP contribution is -2.46. The first-order valence-electron chi connectivity index (χ1n) is 17.6. The highest BCUT2D eigenvalue weighted by molar-refractivity contribution is 6.32. The number of benzene rings is 2. The van der Waals surface area contributed by atoms with Crippen LogP contribution in [-0.4, -0.2) is 81.3 Å². The van der Waals surface area contributed by atoms with Crippen LogP contribution >= 0.6 is 11.6 Å². The third-order valence-electron chi connectivity index (χ3n) is 9.52. The lowest BCUT2D eigenvalue weighted by molar-refractivity contribution is 0.136. The van der Waals surface area contributed by atoms with E-state index in [-0.39, 0.29) is 32.5 Å². The number of β-amino-alcohol motifs (C(OH)–C–C–N with tert-alkyl or cyclic N) is 1. The maximum Gasteiger partial charge on any atom is 0.142 e. The third-order valence-corrected chi connectivity index (χ3v) is 9.82. The van der Waals surface area contributed by atoms with Gasteiger partial charge in [0.25, 0.3) is 0 Å². The minimum absolute atomic E-state index is 0.0807. The van der Waals surface area contributed by atoms with Gasteiger partial charge in [0.2, 0.25) is 0 Å². The van der Waals surface area contributed by atoms with Crippen molar-refractivity contribution in [1.29, 1.82) is 5.26 Å². The van der Waals surface area contributed by atoms with Crippen molar-refractivity contribution < 1.29 is 29.5 Å². The predicted molar refractivity (Wildman–Crippen MR) is 199 cm³/mol. The van der Waals surface area contributed by atoms with E-state index in [1.165, 1.54) is 6.20 Å². The molecule has 1 aliphatic heterocycles. The topological polar surface area (TPSA) is 153 Å². The number of nitrogens with zero attached hydrogens (tertiary/aromatic N) is 4.